The molecule has 1 heterocycles. The van der Waals surface area contributed by atoms with Crippen LogP contribution in [0.15, 0.2) is 18.2 Å². The zero-order valence-electron chi connectivity index (χ0n) is 11.3. The van der Waals surface area contributed by atoms with Crippen LogP contribution < -0.4 is 4.90 Å². The summed E-state index contributed by atoms with van der Waals surface area (Å²) in [6.07, 6.45) is -4.26. The Hall–Kier alpha value is -1.17. The molecule has 2 nitrogen and oxygen atoms in total. The van der Waals surface area contributed by atoms with Gasteiger partial charge >= 0.3 is 6.18 Å². The van der Waals surface area contributed by atoms with Crippen molar-refractivity contribution >= 4 is 23.7 Å². The van der Waals surface area contributed by atoms with Gasteiger partial charge < -0.3 is 4.90 Å². The van der Waals surface area contributed by atoms with E-state index < -0.39 is 11.7 Å². The number of carbonyl (C=O) groups is 1. The number of nitrogens with zero attached hydrogens (tertiary/aromatic N) is 1. The highest BCUT2D eigenvalue weighted by molar-refractivity contribution is 8.00. The van der Waals surface area contributed by atoms with E-state index in [2.05, 4.69) is 13.8 Å². The molecule has 0 spiro atoms. The van der Waals surface area contributed by atoms with E-state index in [-0.39, 0.29) is 16.6 Å². The van der Waals surface area contributed by atoms with Gasteiger partial charge in [0.1, 0.15) is 0 Å². The number of hydrogen-bond donors (Lipinski definition) is 0. The molecule has 0 aliphatic carbocycles. The van der Waals surface area contributed by atoms with Crippen LogP contribution in [-0.2, 0) is 6.18 Å². The van der Waals surface area contributed by atoms with Crippen LogP contribution in [0.25, 0.3) is 0 Å². The van der Waals surface area contributed by atoms with Crippen LogP contribution >= 0.6 is 11.8 Å². The summed E-state index contributed by atoms with van der Waals surface area (Å²) in [5.41, 5.74) is -0.649. The molecule has 0 atom stereocenters. The molecular formula is C14H16F3NOS. The molecule has 0 N–H and O–H groups in total. The Kier molecular flexibility index (Phi) is 4.04. The van der Waals surface area contributed by atoms with Crippen LogP contribution in [0.5, 0.6) is 0 Å². The summed E-state index contributed by atoms with van der Waals surface area (Å²) >= 11 is 1.82. The molecule has 1 aliphatic rings. The van der Waals surface area contributed by atoms with E-state index in [1.165, 1.54) is 6.07 Å². The Morgan fingerprint density at radius 3 is 2.60 bits per heavy atom. The summed E-state index contributed by atoms with van der Waals surface area (Å²) in [5.74, 6) is 0.879. The molecule has 2 rings (SSSR count). The van der Waals surface area contributed by atoms with Gasteiger partial charge in [-0.3, -0.25) is 4.79 Å². The van der Waals surface area contributed by atoms with Crippen LogP contribution in [0.1, 0.15) is 29.8 Å². The van der Waals surface area contributed by atoms with Gasteiger partial charge in [-0.05, 0) is 32.0 Å². The van der Waals surface area contributed by atoms with Gasteiger partial charge in [0.2, 0.25) is 0 Å². The molecule has 1 fully saturated rings. The van der Waals surface area contributed by atoms with Crippen molar-refractivity contribution in [1.82, 2.24) is 0 Å². The minimum atomic E-state index is -4.51. The second-order valence-electron chi connectivity index (χ2n) is 5.42. The SMILES string of the molecule is CC1(C)CN(c2ccc(C=O)c(C(F)(F)F)c2)CCS1. The van der Waals surface area contributed by atoms with Crippen molar-refractivity contribution in [2.24, 2.45) is 0 Å². The average Bonchev–Trinajstić information content (AvgIpc) is 2.35. The van der Waals surface area contributed by atoms with Gasteiger partial charge in [0, 0.05) is 34.8 Å². The van der Waals surface area contributed by atoms with Crippen molar-refractivity contribution < 1.29 is 18.0 Å². The Bertz CT molecular complexity index is 514. The number of hydrogen-bond acceptors (Lipinski definition) is 3. The van der Waals surface area contributed by atoms with Crippen LogP contribution in [0.3, 0.4) is 0 Å². The van der Waals surface area contributed by atoms with Gasteiger partial charge in [-0.1, -0.05) is 0 Å². The maximum absolute atomic E-state index is 13.0. The predicted octanol–water partition coefficient (Wildman–Crippen LogP) is 3.85. The van der Waals surface area contributed by atoms with Crippen molar-refractivity contribution in [3.63, 3.8) is 0 Å². The number of anilines is 1. The number of rotatable bonds is 2. The zero-order chi connectivity index (χ0) is 15.0. The van der Waals surface area contributed by atoms with E-state index >= 15 is 0 Å². The quantitative estimate of drug-likeness (QED) is 0.774. The highest BCUT2D eigenvalue weighted by Gasteiger charge is 2.35. The van der Waals surface area contributed by atoms with E-state index in [0.717, 1.165) is 11.8 Å². The van der Waals surface area contributed by atoms with Crippen LogP contribution in [0.4, 0.5) is 18.9 Å². The first-order valence-electron chi connectivity index (χ1n) is 6.28. The number of thioether (sulfide) groups is 1. The molecular weight excluding hydrogens is 287 g/mol. The molecule has 20 heavy (non-hydrogen) atoms. The van der Waals surface area contributed by atoms with E-state index in [1.807, 2.05) is 16.7 Å². The fourth-order valence-electron chi connectivity index (χ4n) is 2.33. The molecule has 1 aliphatic heterocycles. The lowest BCUT2D eigenvalue weighted by Crippen LogP contribution is -2.43. The molecule has 0 amide bonds. The van der Waals surface area contributed by atoms with Gasteiger partial charge in [0.05, 0.1) is 5.56 Å². The fourth-order valence-corrected chi connectivity index (χ4v) is 3.44. The predicted molar refractivity (Wildman–Crippen MR) is 75.6 cm³/mol. The highest BCUT2D eigenvalue weighted by atomic mass is 32.2. The maximum Gasteiger partial charge on any atom is 0.417 e. The Morgan fingerprint density at radius 1 is 1.35 bits per heavy atom. The van der Waals surface area contributed by atoms with Crippen molar-refractivity contribution in [3.05, 3.63) is 29.3 Å². The summed E-state index contributed by atoms with van der Waals surface area (Å²) in [6.45, 7) is 5.56. The third-order valence-electron chi connectivity index (χ3n) is 3.26. The summed E-state index contributed by atoms with van der Waals surface area (Å²) in [4.78, 5) is 12.7. The third-order valence-corrected chi connectivity index (χ3v) is 4.56. The first kappa shape index (κ1) is 15.2. The molecule has 1 aromatic rings. The van der Waals surface area contributed by atoms with Crippen LogP contribution in [0.2, 0.25) is 0 Å². The smallest absolute Gasteiger partial charge is 0.369 e. The first-order valence-corrected chi connectivity index (χ1v) is 7.27. The zero-order valence-corrected chi connectivity index (χ0v) is 12.1. The van der Waals surface area contributed by atoms with E-state index in [0.29, 0.717) is 18.8 Å². The summed E-state index contributed by atoms with van der Waals surface area (Å²) in [6, 6.07) is 3.92. The van der Waals surface area contributed by atoms with Crippen LogP contribution in [-0.4, -0.2) is 29.9 Å². The van der Waals surface area contributed by atoms with Crippen molar-refractivity contribution in [1.29, 1.82) is 0 Å². The first-order chi connectivity index (χ1) is 9.23. The lowest BCUT2D eigenvalue weighted by molar-refractivity contribution is -0.137. The second kappa shape index (κ2) is 5.31. The van der Waals surface area contributed by atoms with Crippen LogP contribution in [0, 0.1) is 0 Å². The highest BCUT2D eigenvalue weighted by Crippen LogP contribution is 2.36. The molecule has 0 unspecified atom stereocenters. The lowest BCUT2D eigenvalue weighted by Gasteiger charge is -2.39. The van der Waals surface area contributed by atoms with E-state index in [1.54, 1.807) is 6.07 Å². The van der Waals surface area contributed by atoms with Gasteiger partial charge in [-0.15, -0.1) is 0 Å². The number of alkyl halides is 3. The number of aldehydes is 1. The standard InChI is InChI=1S/C14H16F3NOS/c1-13(2)9-18(5-6-20-13)11-4-3-10(8-19)12(7-11)14(15,16)17/h3-4,7-8H,5-6,9H2,1-2H3. The van der Waals surface area contributed by atoms with Crippen molar-refractivity contribution in [2.75, 3.05) is 23.7 Å². The normalized spacial score (nSPS) is 18.9. The molecule has 1 saturated heterocycles. The molecule has 110 valence electrons. The van der Waals surface area contributed by atoms with Gasteiger partial charge in [0.15, 0.2) is 6.29 Å². The Morgan fingerprint density at radius 2 is 2.05 bits per heavy atom. The monoisotopic (exact) mass is 303 g/mol. The lowest BCUT2D eigenvalue weighted by atomic mass is 10.1. The molecule has 0 bridgehead atoms. The molecule has 0 saturated carbocycles. The molecule has 0 aromatic heterocycles. The van der Waals surface area contributed by atoms with Gasteiger partial charge in [-0.25, -0.2) is 0 Å². The Labute approximate surface area is 120 Å². The number of halogens is 3. The molecule has 1 aromatic carbocycles. The van der Waals surface area contributed by atoms with Gasteiger partial charge in [0.25, 0.3) is 0 Å². The largest absolute Gasteiger partial charge is 0.417 e. The van der Waals surface area contributed by atoms with E-state index in [4.69, 9.17) is 0 Å². The van der Waals surface area contributed by atoms with E-state index in [9.17, 15) is 18.0 Å². The maximum atomic E-state index is 13.0. The summed E-state index contributed by atoms with van der Waals surface area (Å²) < 4.78 is 38.9. The fraction of sp³-hybridized carbons (Fsp3) is 0.500. The molecule has 0 radical (unpaired) electrons. The average molecular weight is 303 g/mol. The van der Waals surface area contributed by atoms with Crippen molar-refractivity contribution in [2.45, 2.75) is 24.8 Å². The number of benzene rings is 1. The summed E-state index contributed by atoms with van der Waals surface area (Å²) in [5, 5.41) is 0. The topological polar surface area (TPSA) is 20.3 Å². The Balaban J connectivity index is 2.36. The number of carbonyl (C=O) groups excluding carboxylic acids is 1. The van der Waals surface area contributed by atoms with Gasteiger partial charge in [-0.2, -0.15) is 24.9 Å². The van der Waals surface area contributed by atoms with Crippen molar-refractivity contribution in [3.8, 4) is 0 Å². The summed E-state index contributed by atoms with van der Waals surface area (Å²) in [7, 11) is 0. The minimum Gasteiger partial charge on any atom is -0.369 e. The molecule has 6 heteroatoms. The third kappa shape index (κ3) is 3.29. The minimum absolute atomic E-state index is 0.0139. The second-order valence-corrected chi connectivity index (χ2v) is 7.22.